The fourth-order valence-electron chi connectivity index (χ4n) is 1.55. The normalized spacial score (nSPS) is 10.8. The number of carbonyl (C=O) groups is 1. The van der Waals surface area contributed by atoms with Crippen molar-refractivity contribution in [1.82, 2.24) is 5.32 Å². The van der Waals surface area contributed by atoms with Crippen LogP contribution < -0.4 is 5.32 Å². The topological polar surface area (TPSA) is 29.1 Å². The van der Waals surface area contributed by atoms with Crippen LogP contribution in [0.5, 0.6) is 0 Å². The number of unbranched alkanes of at least 4 members (excludes halogenated alkanes) is 7. The second-order valence-corrected chi connectivity index (χ2v) is 5.16. The zero-order valence-electron chi connectivity index (χ0n) is 10.1. The second kappa shape index (κ2) is 11.5. The molecule has 2 nitrogen and oxygen atoms in total. The lowest BCUT2D eigenvalue weighted by Gasteiger charge is -2.05. The van der Waals surface area contributed by atoms with Crippen molar-refractivity contribution in [3.05, 3.63) is 0 Å². The van der Waals surface area contributed by atoms with Crippen molar-refractivity contribution in [2.75, 3.05) is 6.54 Å². The first-order valence-electron chi connectivity index (χ1n) is 6.24. The number of nitrogens with one attached hydrogen (secondary N) is 1. The molecule has 96 valence electrons. The first-order valence-corrected chi connectivity index (χ1v) is 7.11. The van der Waals surface area contributed by atoms with Gasteiger partial charge in [0.15, 0.2) is 4.84 Å². The molecule has 16 heavy (non-hydrogen) atoms. The summed E-state index contributed by atoms with van der Waals surface area (Å²) in [7, 11) is 0. The number of hydrogen-bond donors (Lipinski definition) is 1. The Balaban J connectivity index is 3.07. The number of alkyl halides is 2. The Bertz CT molecular complexity index is 174. The molecule has 0 radical (unpaired) electrons. The molecule has 0 aliphatic heterocycles. The second-order valence-electron chi connectivity index (χ2n) is 4.07. The summed E-state index contributed by atoms with van der Waals surface area (Å²) in [5, 5.41) is 2.69. The molecule has 0 bridgehead atoms. The van der Waals surface area contributed by atoms with Crippen molar-refractivity contribution in [1.29, 1.82) is 0 Å². The van der Waals surface area contributed by atoms with Gasteiger partial charge in [-0.1, -0.05) is 75.1 Å². The van der Waals surface area contributed by atoms with Crippen LogP contribution in [0.4, 0.5) is 0 Å². The standard InChI is InChI=1S/C12H23Cl2NO/c1-2-3-4-5-6-7-8-9-10-15-12(16)11(13)14/h11H,2-10H2,1H3,(H,15,16). The molecule has 0 heterocycles. The zero-order chi connectivity index (χ0) is 12.2. The van der Waals surface area contributed by atoms with Crippen LogP contribution in [0.2, 0.25) is 0 Å². The molecule has 0 saturated carbocycles. The first-order chi connectivity index (χ1) is 7.68. The van der Waals surface area contributed by atoms with Crippen molar-refractivity contribution in [3.63, 3.8) is 0 Å². The van der Waals surface area contributed by atoms with Gasteiger partial charge in [0.2, 0.25) is 0 Å². The molecule has 4 heteroatoms. The molecule has 0 aromatic carbocycles. The van der Waals surface area contributed by atoms with E-state index in [2.05, 4.69) is 12.2 Å². The van der Waals surface area contributed by atoms with Crippen LogP contribution >= 0.6 is 23.2 Å². The van der Waals surface area contributed by atoms with Gasteiger partial charge in [-0.15, -0.1) is 0 Å². The number of carbonyl (C=O) groups excluding carboxylic acids is 1. The molecule has 0 aromatic heterocycles. The van der Waals surface area contributed by atoms with E-state index in [1.54, 1.807) is 0 Å². The lowest BCUT2D eigenvalue weighted by Crippen LogP contribution is -2.29. The van der Waals surface area contributed by atoms with Crippen LogP contribution in [-0.4, -0.2) is 17.3 Å². The maximum atomic E-state index is 11.0. The van der Waals surface area contributed by atoms with E-state index in [0.717, 1.165) is 6.42 Å². The Kier molecular flexibility index (Phi) is 11.6. The molecule has 0 saturated heterocycles. The smallest absolute Gasteiger partial charge is 0.253 e. The van der Waals surface area contributed by atoms with Gasteiger partial charge < -0.3 is 5.32 Å². The van der Waals surface area contributed by atoms with Crippen molar-refractivity contribution < 1.29 is 4.79 Å². The highest BCUT2D eigenvalue weighted by Gasteiger charge is 2.09. The third-order valence-corrected chi connectivity index (χ3v) is 2.92. The molecule has 0 aliphatic rings. The van der Waals surface area contributed by atoms with Crippen molar-refractivity contribution >= 4 is 29.1 Å². The van der Waals surface area contributed by atoms with E-state index in [4.69, 9.17) is 23.2 Å². The minimum atomic E-state index is -0.936. The maximum absolute atomic E-state index is 11.0. The zero-order valence-corrected chi connectivity index (χ0v) is 11.6. The Labute approximate surface area is 109 Å². The van der Waals surface area contributed by atoms with Crippen molar-refractivity contribution in [3.8, 4) is 0 Å². The molecule has 0 atom stereocenters. The summed E-state index contributed by atoms with van der Waals surface area (Å²) in [6.45, 7) is 2.91. The Morgan fingerprint density at radius 3 is 2.00 bits per heavy atom. The largest absolute Gasteiger partial charge is 0.354 e. The van der Waals surface area contributed by atoms with Crippen molar-refractivity contribution in [2.45, 2.75) is 63.1 Å². The average molecular weight is 268 g/mol. The maximum Gasteiger partial charge on any atom is 0.253 e. The molecule has 0 unspecified atom stereocenters. The van der Waals surface area contributed by atoms with Crippen molar-refractivity contribution in [2.24, 2.45) is 0 Å². The summed E-state index contributed by atoms with van der Waals surface area (Å²) in [6.07, 6.45) is 10.1. The van der Waals surface area contributed by atoms with Crippen LogP contribution in [0.3, 0.4) is 0 Å². The lowest BCUT2D eigenvalue weighted by molar-refractivity contribution is -0.119. The monoisotopic (exact) mass is 267 g/mol. The van der Waals surface area contributed by atoms with Gasteiger partial charge in [0, 0.05) is 6.54 Å². The van der Waals surface area contributed by atoms with Gasteiger partial charge in [-0.2, -0.15) is 0 Å². The summed E-state index contributed by atoms with van der Waals surface area (Å²) >= 11 is 10.8. The summed E-state index contributed by atoms with van der Waals surface area (Å²) in [5.74, 6) is -0.286. The predicted octanol–water partition coefficient (Wildman–Crippen LogP) is 4.05. The third kappa shape index (κ3) is 10.6. The molecule has 0 aliphatic carbocycles. The number of hydrogen-bond acceptors (Lipinski definition) is 1. The molecular weight excluding hydrogens is 245 g/mol. The Morgan fingerprint density at radius 1 is 1.00 bits per heavy atom. The van der Waals surface area contributed by atoms with E-state index in [9.17, 15) is 4.79 Å². The molecule has 1 N–H and O–H groups in total. The fourth-order valence-corrected chi connectivity index (χ4v) is 1.70. The van der Waals surface area contributed by atoms with E-state index in [1.807, 2.05) is 0 Å². The van der Waals surface area contributed by atoms with Gasteiger partial charge in [0.1, 0.15) is 0 Å². The van der Waals surface area contributed by atoms with Gasteiger partial charge in [0.25, 0.3) is 5.91 Å². The molecule has 0 spiro atoms. The fraction of sp³-hybridized carbons (Fsp3) is 0.917. The van der Waals surface area contributed by atoms with Crippen LogP contribution in [0.25, 0.3) is 0 Å². The van der Waals surface area contributed by atoms with Crippen LogP contribution in [0.1, 0.15) is 58.3 Å². The van der Waals surface area contributed by atoms with Gasteiger partial charge >= 0.3 is 0 Å². The van der Waals surface area contributed by atoms with Gasteiger partial charge in [-0.25, -0.2) is 0 Å². The molecule has 0 fully saturated rings. The quantitative estimate of drug-likeness (QED) is 0.470. The lowest BCUT2D eigenvalue weighted by atomic mass is 10.1. The number of amides is 1. The molecule has 1 amide bonds. The highest BCUT2D eigenvalue weighted by molar-refractivity contribution is 6.53. The number of halogens is 2. The molecular formula is C12H23Cl2NO. The number of rotatable bonds is 10. The highest BCUT2D eigenvalue weighted by atomic mass is 35.5. The third-order valence-electron chi connectivity index (χ3n) is 2.53. The summed E-state index contributed by atoms with van der Waals surface area (Å²) in [4.78, 5) is 10.0. The summed E-state index contributed by atoms with van der Waals surface area (Å²) in [5.41, 5.74) is 0. The van der Waals surface area contributed by atoms with Crippen LogP contribution in [-0.2, 0) is 4.79 Å². The van der Waals surface area contributed by atoms with E-state index in [-0.39, 0.29) is 5.91 Å². The van der Waals surface area contributed by atoms with Gasteiger partial charge in [0.05, 0.1) is 0 Å². The minimum absolute atomic E-state index is 0.286. The van der Waals surface area contributed by atoms with E-state index >= 15 is 0 Å². The van der Waals surface area contributed by atoms with Gasteiger partial charge in [-0.05, 0) is 6.42 Å². The van der Waals surface area contributed by atoms with Crippen LogP contribution in [0, 0.1) is 0 Å². The van der Waals surface area contributed by atoms with E-state index in [0.29, 0.717) is 6.54 Å². The minimum Gasteiger partial charge on any atom is -0.354 e. The first kappa shape index (κ1) is 16.1. The van der Waals surface area contributed by atoms with Gasteiger partial charge in [-0.3, -0.25) is 4.79 Å². The molecule has 0 rings (SSSR count). The van der Waals surface area contributed by atoms with E-state index in [1.165, 1.54) is 44.9 Å². The van der Waals surface area contributed by atoms with Crippen LogP contribution in [0.15, 0.2) is 0 Å². The average Bonchev–Trinajstić information content (AvgIpc) is 2.26. The summed E-state index contributed by atoms with van der Waals surface area (Å²) in [6, 6.07) is 0. The Morgan fingerprint density at radius 2 is 1.50 bits per heavy atom. The van der Waals surface area contributed by atoms with E-state index < -0.39 is 4.84 Å². The highest BCUT2D eigenvalue weighted by Crippen LogP contribution is 2.08. The summed E-state index contributed by atoms with van der Waals surface area (Å²) < 4.78 is 0. The Hall–Kier alpha value is 0.0500. The molecule has 0 aromatic rings. The predicted molar refractivity (Wildman–Crippen MR) is 71.1 cm³/mol. The SMILES string of the molecule is CCCCCCCCCCNC(=O)C(Cl)Cl.